The standard InChI is InChI=1S/C23H19/c1-16(2)19-14-18-9-4-6-12-22(23(18)15-19)21-13-7-10-17-8-3-5-11-20(17)21/h3-13,15-16H,1-2H3. The lowest BCUT2D eigenvalue weighted by molar-refractivity contribution is 0.870. The molecule has 0 heteroatoms. The van der Waals surface area contributed by atoms with Gasteiger partial charge in [-0.25, -0.2) is 0 Å². The molecule has 0 saturated carbocycles. The van der Waals surface area contributed by atoms with Gasteiger partial charge < -0.3 is 0 Å². The van der Waals surface area contributed by atoms with Crippen LogP contribution in [-0.2, 0) is 0 Å². The molecule has 4 rings (SSSR count). The summed E-state index contributed by atoms with van der Waals surface area (Å²) < 4.78 is 0. The van der Waals surface area contributed by atoms with Gasteiger partial charge in [-0.1, -0.05) is 80.6 Å². The lowest BCUT2D eigenvalue weighted by Gasteiger charge is -2.09. The number of rotatable bonds is 2. The van der Waals surface area contributed by atoms with Crippen LogP contribution in [0.15, 0.2) is 72.8 Å². The zero-order valence-electron chi connectivity index (χ0n) is 13.5. The number of fused-ring (bicyclic) bond motifs is 2. The maximum atomic E-state index is 3.57. The van der Waals surface area contributed by atoms with Gasteiger partial charge in [0.25, 0.3) is 0 Å². The summed E-state index contributed by atoms with van der Waals surface area (Å²) in [6.45, 7) is 4.45. The van der Waals surface area contributed by atoms with Gasteiger partial charge in [-0.3, -0.25) is 0 Å². The predicted molar refractivity (Wildman–Crippen MR) is 98.9 cm³/mol. The lowest BCUT2D eigenvalue weighted by Crippen LogP contribution is -1.83. The summed E-state index contributed by atoms with van der Waals surface area (Å²) in [7, 11) is 0. The topological polar surface area (TPSA) is 0 Å². The van der Waals surface area contributed by atoms with Crippen molar-refractivity contribution < 1.29 is 0 Å². The third-order valence-electron chi connectivity index (χ3n) is 4.50. The molecule has 2 aromatic rings. The Hall–Kier alpha value is -2.60. The normalized spacial score (nSPS) is 11.4. The van der Waals surface area contributed by atoms with Gasteiger partial charge in [-0.15, -0.1) is 0 Å². The molecular weight excluding hydrogens is 276 g/mol. The van der Waals surface area contributed by atoms with E-state index in [9.17, 15) is 0 Å². The first-order chi connectivity index (χ1) is 11.2. The minimum absolute atomic E-state index is 0.494. The zero-order valence-corrected chi connectivity index (χ0v) is 13.5. The van der Waals surface area contributed by atoms with Crippen LogP contribution in [0, 0.1) is 6.07 Å². The number of hydrogen-bond acceptors (Lipinski definition) is 0. The van der Waals surface area contributed by atoms with Crippen LogP contribution in [-0.4, -0.2) is 0 Å². The van der Waals surface area contributed by atoms with Crippen molar-refractivity contribution >= 4 is 10.8 Å². The summed E-state index contributed by atoms with van der Waals surface area (Å²) >= 11 is 0. The third-order valence-corrected chi connectivity index (χ3v) is 4.50. The Labute approximate surface area is 137 Å². The van der Waals surface area contributed by atoms with E-state index in [2.05, 4.69) is 92.7 Å². The molecule has 0 bridgehead atoms. The highest BCUT2D eigenvalue weighted by Gasteiger charge is 2.14. The third kappa shape index (κ3) is 2.41. The van der Waals surface area contributed by atoms with Gasteiger partial charge in [0.1, 0.15) is 0 Å². The van der Waals surface area contributed by atoms with Crippen LogP contribution >= 0.6 is 0 Å². The van der Waals surface area contributed by atoms with E-state index in [0.29, 0.717) is 5.92 Å². The Kier molecular flexibility index (Phi) is 3.38. The highest BCUT2D eigenvalue weighted by molar-refractivity contribution is 6.00. The molecule has 0 atom stereocenters. The molecule has 0 spiro atoms. The minimum Gasteiger partial charge on any atom is -0.0616 e. The van der Waals surface area contributed by atoms with Crippen LogP contribution < -0.4 is 0 Å². The minimum atomic E-state index is 0.494. The molecule has 0 nitrogen and oxygen atoms in total. The second-order valence-corrected chi connectivity index (χ2v) is 6.37. The van der Waals surface area contributed by atoms with E-state index in [-0.39, 0.29) is 0 Å². The van der Waals surface area contributed by atoms with Crippen molar-refractivity contribution in [3.8, 4) is 22.3 Å². The van der Waals surface area contributed by atoms with Gasteiger partial charge in [0.05, 0.1) is 0 Å². The summed E-state index contributed by atoms with van der Waals surface area (Å²) in [5, 5.41) is 2.58. The van der Waals surface area contributed by atoms with Crippen LogP contribution in [0.3, 0.4) is 0 Å². The van der Waals surface area contributed by atoms with Crippen molar-refractivity contribution in [2.75, 3.05) is 0 Å². The van der Waals surface area contributed by atoms with Crippen molar-refractivity contribution in [1.82, 2.24) is 0 Å². The smallest absolute Gasteiger partial charge is 0.00611 e. The van der Waals surface area contributed by atoms with Crippen molar-refractivity contribution in [3.63, 3.8) is 0 Å². The summed E-state index contributed by atoms with van der Waals surface area (Å²) in [6.07, 6.45) is 0. The lowest BCUT2D eigenvalue weighted by atomic mass is 9.95. The van der Waals surface area contributed by atoms with Crippen LogP contribution in [0.25, 0.3) is 33.0 Å². The first kappa shape index (κ1) is 14.0. The quantitative estimate of drug-likeness (QED) is 0.394. The van der Waals surface area contributed by atoms with E-state index in [1.54, 1.807) is 0 Å². The molecule has 23 heavy (non-hydrogen) atoms. The zero-order chi connectivity index (χ0) is 15.8. The number of hydrogen-bond donors (Lipinski definition) is 0. The Morgan fingerprint density at radius 3 is 2.26 bits per heavy atom. The fraction of sp³-hybridized carbons (Fsp3) is 0.130. The van der Waals surface area contributed by atoms with Gasteiger partial charge in [0.15, 0.2) is 0 Å². The fourth-order valence-electron chi connectivity index (χ4n) is 3.25. The molecule has 0 unspecified atom stereocenters. The first-order valence-electron chi connectivity index (χ1n) is 8.17. The largest absolute Gasteiger partial charge is 0.0616 e. The molecule has 1 radical (unpaired) electrons. The SMILES string of the molecule is CC(C)c1[c]c2ccccc(-c3cccc4ccccc34)c-2c1. The van der Waals surface area contributed by atoms with Crippen LogP contribution in [0.4, 0.5) is 0 Å². The fourth-order valence-corrected chi connectivity index (χ4v) is 3.25. The highest BCUT2D eigenvalue weighted by Crippen LogP contribution is 2.39. The maximum Gasteiger partial charge on any atom is -0.00611 e. The van der Waals surface area contributed by atoms with Gasteiger partial charge in [0.2, 0.25) is 0 Å². The second kappa shape index (κ2) is 5.55. The molecule has 0 fully saturated rings. The summed E-state index contributed by atoms with van der Waals surface area (Å²) in [4.78, 5) is 0. The van der Waals surface area contributed by atoms with Gasteiger partial charge in [0, 0.05) is 0 Å². The van der Waals surface area contributed by atoms with Crippen molar-refractivity contribution in [3.05, 3.63) is 84.4 Å². The number of benzene rings is 2. The Morgan fingerprint density at radius 2 is 1.39 bits per heavy atom. The molecular formula is C23H19. The van der Waals surface area contributed by atoms with E-state index >= 15 is 0 Å². The van der Waals surface area contributed by atoms with Crippen LogP contribution in [0.1, 0.15) is 25.3 Å². The molecule has 0 aromatic heterocycles. The molecule has 0 aliphatic heterocycles. The Balaban J connectivity index is 2.04. The Bertz CT molecular complexity index is 942. The average Bonchev–Trinajstić information content (AvgIpc) is 2.90. The van der Waals surface area contributed by atoms with E-state index in [4.69, 9.17) is 0 Å². The van der Waals surface area contributed by atoms with Crippen molar-refractivity contribution in [2.45, 2.75) is 19.8 Å². The molecule has 2 aliphatic carbocycles. The maximum absolute atomic E-state index is 3.57. The summed E-state index contributed by atoms with van der Waals surface area (Å²) in [5.74, 6) is 0.494. The molecule has 0 N–H and O–H groups in total. The van der Waals surface area contributed by atoms with Gasteiger partial charge in [-0.05, 0) is 56.6 Å². The molecule has 2 aromatic carbocycles. The Morgan fingerprint density at radius 1 is 0.696 bits per heavy atom. The molecule has 0 saturated heterocycles. The van der Waals surface area contributed by atoms with E-state index < -0.39 is 0 Å². The molecule has 0 heterocycles. The van der Waals surface area contributed by atoms with E-state index in [1.165, 1.54) is 38.6 Å². The molecule has 2 aliphatic rings. The summed E-state index contributed by atoms with van der Waals surface area (Å²) in [6, 6.07) is 29.6. The predicted octanol–water partition coefficient (Wildman–Crippen LogP) is 6.54. The van der Waals surface area contributed by atoms with E-state index in [1.807, 2.05) is 0 Å². The van der Waals surface area contributed by atoms with E-state index in [0.717, 1.165) is 0 Å². The van der Waals surface area contributed by atoms with Crippen molar-refractivity contribution in [1.29, 1.82) is 0 Å². The molecule has 0 amide bonds. The van der Waals surface area contributed by atoms with Crippen molar-refractivity contribution in [2.24, 2.45) is 0 Å². The molecule has 111 valence electrons. The van der Waals surface area contributed by atoms with Crippen LogP contribution in [0.2, 0.25) is 0 Å². The first-order valence-corrected chi connectivity index (χ1v) is 8.17. The summed E-state index contributed by atoms with van der Waals surface area (Å²) in [5.41, 5.74) is 6.34. The van der Waals surface area contributed by atoms with Gasteiger partial charge >= 0.3 is 0 Å². The highest BCUT2D eigenvalue weighted by atomic mass is 14.2. The monoisotopic (exact) mass is 295 g/mol. The van der Waals surface area contributed by atoms with Crippen LogP contribution in [0.5, 0.6) is 0 Å². The second-order valence-electron chi connectivity index (χ2n) is 6.37. The van der Waals surface area contributed by atoms with Gasteiger partial charge in [-0.2, -0.15) is 0 Å². The average molecular weight is 295 g/mol.